The van der Waals surface area contributed by atoms with E-state index in [-0.39, 0.29) is 23.8 Å². The number of rotatable bonds is 5. The Morgan fingerprint density at radius 1 is 1.00 bits per heavy atom. The topological polar surface area (TPSA) is 93.9 Å². The van der Waals surface area contributed by atoms with Gasteiger partial charge >= 0.3 is 0 Å². The van der Waals surface area contributed by atoms with Crippen LogP contribution in [0.5, 0.6) is 0 Å². The van der Waals surface area contributed by atoms with Gasteiger partial charge in [-0.1, -0.05) is 6.07 Å². The van der Waals surface area contributed by atoms with E-state index in [0.29, 0.717) is 41.3 Å². The van der Waals surface area contributed by atoms with Crippen LogP contribution in [0.15, 0.2) is 64.5 Å². The predicted molar refractivity (Wildman–Crippen MR) is 163 cm³/mol. The van der Waals surface area contributed by atoms with E-state index in [0.717, 1.165) is 62.2 Å². The number of aromatic nitrogens is 2. The molecule has 0 radical (unpaired) electrons. The van der Waals surface area contributed by atoms with Gasteiger partial charge in [-0.15, -0.1) is 0 Å². The van der Waals surface area contributed by atoms with E-state index in [4.69, 9.17) is 0 Å². The monoisotopic (exact) mass is 582 g/mol. The van der Waals surface area contributed by atoms with Crippen molar-refractivity contribution >= 4 is 23.0 Å². The van der Waals surface area contributed by atoms with Crippen LogP contribution in [0.25, 0.3) is 11.3 Å². The van der Waals surface area contributed by atoms with E-state index < -0.39 is 5.82 Å². The number of carbonyl (C=O) groups excluding carboxylic acids is 1. The number of benzene rings is 2. The van der Waals surface area contributed by atoms with Gasteiger partial charge in [-0.3, -0.25) is 9.59 Å². The van der Waals surface area contributed by atoms with Crippen LogP contribution in [0.2, 0.25) is 0 Å². The minimum atomic E-state index is -0.497. The first kappa shape index (κ1) is 27.5. The number of Topliss-reactive ketones (excluding diaryl/α,β-unsaturated/α-hetero) is 1. The van der Waals surface area contributed by atoms with Crippen LogP contribution in [0.4, 0.5) is 21.6 Å². The Morgan fingerprint density at radius 2 is 1.84 bits per heavy atom. The number of anilines is 3. The summed E-state index contributed by atoms with van der Waals surface area (Å²) in [6.07, 6.45) is 8.07. The van der Waals surface area contributed by atoms with Crippen molar-refractivity contribution in [2.75, 3.05) is 36.9 Å². The molecule has 7 rings (SSSR count). The van der Waals surface area contributed by atoms with Crippen molar-refractivity contribution < 1.29 is 14.3 Å². The zero-order valence-corrected chi connectivity index (χ0v) is 24.5. The van der Waals surface area contributed by atoms with E-state index in [1.54, 1.807) is 19.4 Å². The van der Waals surface area contributed by atoms with Crippen molar-refractivity contribution in [3.8, 4) is 11.3 Å². The Morgan fingerprint density at radius 3 is 2.67 bits per heavy atom. The number of likely N-dealkylation sites (N-methyl/N-ethyl adjacent to an activating group) is 1. The van der Waals surface area contributed by atoms with Gasteiger partial charge in [0.25, 0.3) is 5.56 Å². The second-order valence-corrected chi connectivity index (χ2v) is 11.9. The standard InChI is InChI=1S/C33H35FN6O3/c1-37-10-9-20-13-23(8-7-21(20)16-37)35-32-33(43)38(2)17-27(36-32)25-14-22(34)15-29(26(25)19-41)39-11-12-40-28-6-4-3-5-24(28)31(42)30(40)18-39/h7-8,13-15,17-18,41H,3-6,9-12,16,19H2,1-2H3,(H,35,36). The fourth-order valence-electron chi connectivity index (χ4n) is 6.85. The molecule has 1 aliphatic carbocycles. The summed E-state index contributed by atoms with van der Waals surface area (Å²) in [5.74, 6) is -0.333. The number of halogens is 1. The van der Waals surface area contributed by atoms with Gasteiger partial charge in [-0.25, -0.2) is 9.37 Å². The van der Waals surface area contributed by atoms with Crippen LogP contribution in [-0.2, 0) is 31.4 Å². The number of carbonyl (C=O) groups is 1. The Hall–Kier alpha value is -4.28. The lowest BCUT2D eigenvalue weighted by atomic mass is 9.96. The Bertz CT molecular complexity index is 1780. The Labute approximate surface area is 249 Å². The van der Waals surface area contributed by atoms with Gasteiger partial charge in [-0.2, -0.15) is 0 Å². The molecule has 0 spiro atoms. The fourth-order valence-corrected chi connectivity index (χ4v) is 6.85. The SMILES string of the molecule is CN1CCc2cc(Nc3nc(-c4cc(F)cc(N5C=C6C(=O)C7=C(CCCC7)N6CC5)c4CO)cn(C)c3=O)ccc2C1. The summed E-state index contributed by atoms with van der Waals surface area (Å²) in [5, 5.41) is 13.8. The van der Waals surface area contributed by atoms with Crippen LogP contribution in [0.1, 0.15) is 42.4 Å². The smallest absolute Gasteiger partial charge is 0.293 e. The third kappa shape index (κ3) is 4.84. The molecule has 9 nitrogen and oxygen atoms in total. The maximum atomic E-state index is 15.3. The normalized spacial score (nSPS) is 18.4. The van der Waals surface area contributed by atoms with E-state index in [1.807, 2.05) is 11.0 Å². The van der Waals surface area contributed by atoms with Gasteiger partial charge in [0.2, 0.25) is 5.78 Å². The minimum Gasteiger partial charge on any atom is -0.392 e. The summed E-state index contributed by atoms with van der Waals surface area (Å²) in [7, 11) is 3.73. The number of aliphatic hydroxyl groups excluding tert-OH is 1. The van der Waals surface area contributed by atoms with Crippen LogP contribution < -0.4 is 15.8 Å². The van der Waals surface area contributed by atoms with E-state index >= 15 is 4.39 Å². The highest BCUT2D eigenvalue weighted by Gasteiger charge is 2.38. The molecule has 3 aromatic rings. The Kier molecular flexibility index (Phi) is 6.90. The van der Waals surface area contributed by atoms with E-state index in [2.05, 4.69) is 39.3 Å². The van der Waals surface area contributed by atoms with Gasteiger partial charge in [0.05, 0.1) is 12.3 Å². The van der Waals surface area contributed by atoms with Gasteiger partial charge < -0.3 is 29.7 Å². The molecule has 0 saturated heterocycles. The molecule has 0 atom stereocenters. The number of hydrogen-bond donors (Lipinski definition) is 2. The summed E-state index contributed by atoms with van der Waals surface area (Å²) < 4.78 is 16.7. The first-order valence-electron chi connectivity index (χ1n) is 14.9. The highest BCUT2D eigenvalue weighted by atomic mass is 19.1. The highest BCUT2D eigenvalue weighted by Crippen LogP contribution is 2.41. The molecule has 0 bridgehead atoms. The third-order valence-corrected chi connectivity index (χ3v) is 9.08. The second kappa shape index (κ2) is 10.8. The van der Waals surface area contributed by atoms with Crippen LogP contribution >= 0.6 is 0 Å². The lowest BCUT2D eigenvalue weighted by molar-refractivity contribution is -0.112. The molecular weight excluding hydrogens is 547 g/mol. The summed E-state index contributed by atoms with van der Waals surface area (Å²) in [6.45, 7) is 2.62. The average Bonchev–Trinajstić information content (AvgIpc) is 3.30. The van der Waals surface area contributed by atoms with Crippen molar-refractivity contribution in [3.63, 3.8) is 0 Å². The number of hydrogen-bond acceptors (Lipinski definition) is 8. The van der Waals surface area contributed by atoms with Gasteiger partial charge in [0.15, 0.2) is 5.82 Å². The third-order valence-electron chi connectivity index (χ3n) is 9.08. The molecule has 4 heterocycles. The largest absolute Gasteiger partial charge is 0.392 e. The lowest BCUT2D eigenvalue weighted by Crippen LogP contribution is -2.37. The molecule has 2 aromatic carbocycles. The molecule has 1 aromatic heterocycles. The van der Waals surface area contributed by atoms with Crippen molar-refractivity contribution in [2.24, 2.45) is 7.05 Å². The van der Waals surface area contributed by atoms with Crippen LogP contribution in [0, 0.1) is 5.82 Å². The van der Waals surface area contributed by atoms with Crippen LogP contribution in [0.3, 0.4) is 0 Å². The number of aryl methyl sites for hydroxylation is 1. The molecule has 0 unspecified atom stereocenters. The molecule has 2 N–H and O–H groups in total. The number of fused-ring (bicyclic) bond motifs is 3. The average molecular weight is 583 g/mol. The maximum absolute atomic E-state index is 15.3. The molecule has 10 heteroatoms. The predicted octanol–water partition coefficient (Wildman–Crippen LogP) is 4.18. The summed E-state index contributed by atoms with van der Waals surface area (Å²) >= 11 is 0. The Balaban J connectivity index is 1.25. The summed E-state index contributed by atoms with van der Waals surface area (Å²) in [6, 6.07) is 8.79. The lowest BCUT2D eigenvalue weighted by Gasteiger charge is -2.35. The fraction of sp³-hybridized carbons (Fsp3) is 0.364. The highest BCUT2D eigenvalue weighted by molar-refractivity contribution is 6.11. The maximum Gasteiger partial charge on any atom is 0.293 e. The molecule has 0 amide bonds. The molecule has 4 aliphatic rings. The van der Waals surface area contributed by atoms with E-state index in [1.165, 1.54) is 27.8 Å². The van der Waals surface area contributed by atoms with E-state index in [9.17, 15) is 14.7 Å². The number of allylic oxidation sites excluding steroid dienone is 2. The zero-order chi connectivity index (χ0) is 29.8. The van der Waals surface area contributed by atoms with Crippen molar-refractivity contribution in [2.45, 2.75) is 45.3 Å². The zero-order valence-electron chi connectivity index (χ0n) is 24.5. The molecule has 222 valence electrons. The minimum absolute atomic E-state index is 0.0474. The first-order chi connectivity index (χ1) is 20.8. The molecule has 43 heavy (non-hydrogen) atoms. The van der Waals surface area contributed by atoms with Gasteiger partial charge in [-0.05, 0) is 74.5 Å². The van der Waals surface area contributed by atoms with Gasteiger partial charge in [0.1, 0.15) is 11.5 Å². The van der Waals surface area contributed by atoms with Crippen molar-refractivity contribution in [3.05, 3.63) is 92.6 Å². The van der Waals surface area contributed by atoms with Gasteiger partial charge in [0, 0.05) is 79.4 Å². The number of nitrogens with one attached hydrogen (secondary N) is 1. The molecule has 0 fully saturated rings. The number of nitrogens with zero attached hydrogens (tertiary/aromatic N) is 5. The molecular formula is C33H35FN6O3. The first-order valence-corrected chi connectivity index (χ1v) is 14.9. The summed E-state index contributed by atoms with van der Waals surface area (Å²) in [4.78, 5) is 37.2. The second-order valence-electron chi connectivity index (χ2n) is 11.9. The summed E-state index contributed by atoms with van der Waals surface area (Å²) in [5.41, 5.74) is 7.28. The molecule has 0 saturated carbocycles. The number of ketones is 1. The quantitative estimate of drug-likeness (QED) is 0.463. The van der Waals surface area contributed by atoms with Crippen molar-refractivity contribution in [1.29, 1.82) is 0 Å². The number of aliphatic hydroxyl groups is 1. The van der Waals surface area contributed by atoms with Crippen LogP contribution in [-0.4, -0.2) is 56.9 Å². The molecule has 3 aliphatic heterocycles. The van der Waals surface area contributed by atoms with Crippen molar-refractivity contribution in [1.82, 2.24) is 19.4 Å².